The molecule has 1 heterocycles. The van der Waals surface area contributed by atoms with E-state index in [2.05, 4.69) is 15.0 Å². The van der Waals surface area contributed by atoms with Gasteiger partial charge in [-0.25, -0.2) is 14.1 Å². The fraction of sp³-hybridized carbons (Fsp3) is 0.500. The van der Waals surface area contributed by atoms with Crippen molar-refractivity contribution in [3.63, 3.8) is 0 Å². The molecule has 0 saturated heterocycles. The number of amides is 1. The van der Waals surface area contributed by atoms with Crippen LogP contribution in [0.1, 0.15) is 36.0 Å². The molecule has 0 spiro atoms. The molecular weight excluding hydrogens is 321 g/mol. The van der Waals surface area contributed by atoms with Crippen LogP contribution in [0.4, 0.5) is 4.39 Å². The van der Waals surface area contributed by atoms with Crippen molar-refractivity contribution in [3.05, 3.63) is 42.2 Å². The molecule has 25 heavy (non-hydrogen) atoms. The van der Waals surface area contributed by atoms with Crippen molar-refractivity contribution >= 4 is 5.91 Å². The fourth-order valence-electron chi connectivity index (χ4n) is 3.30. The Morgan fingerprint density at radius 1 is 1.28 bits per heavy atom. The molecule has 3 rings (SSSR count). The number of rotatable bonds is 6. The molecule has 0 unspecified atom stereocenters. The standard InChI is InChI=1S/C18H24FN5O/c1-22(2)9-10-23(15-5-3-4-6-15)18(25)14-7-8-17(16(19)11-14)24-13-20-12-21-24/h7-8,11-13,15H,3-6,9-10H2,1-2H3. The Bertz CT molecular complexity index is 710. The molecule has 1 amide bonds. The predicted molar refractivity (Wildman–Crippen MR) is 93.2 cm³/mol. The number of carbonyl (C=O) groups excluding carboxylic acids is 1. The second-order valence-corrected chi connectivity index (χ2v) is 6.75. The Labute approximate surface area is 147 Å². The highest BCUT2D eigenvalue weighted by molar-refractivity contribution is 5.94. The van der Waals surface area contributed by atoms with Crippen molar-refractivity contribution in [1.82, 2.24) is 24.6 Å². The number of hydrogen-bond donors (Lipinski definition) is 0. The molecule has 0 aliphatic heterocycles. The van der Waals surface area contributed by atoms with Crippen LogP contribution in [-0.2, 0) is 0 Å². The lowest BCUT2D eigenvalue weighted by Crippen LogP contribution is -2.42. The second kappa shape index (κ2) is 7.74. The summed E-state index contributed by atoms with van der Waals surface area (Å²) in [5.74, 6) is -0.576. The summed E-state index contributed by atoms with van der Waals surface area (Å²) in [4.78, 5) is 20.8. The summed E-state index contributed by atoms with van der Waals surface area (Å²) in [5, 5.41) is 3.93. The quantitative estimate of drug-likeness (QED) is 0.806. The number of carbonyl (C=O) groups is 1. The van der Waals surface area contributed by atoms with Gasteiger partial charge < -0.3 is 9.80 Å². The van der Waals surface area contributed by atoms with E-state index in [1.807, 2.05) is 19.0 Å². The largest absolute Gasteiger partial charge is 0.334 e. The summed E-state index contributed by atoms with van der Waals surface area (Å²) in [6, 6.07) is 4.80. The van der Waals surface area contributed by atoms with Gasteiger partial charge in [0.05, 0.1) is 0 Å². The minimum absolute atomic E-state index is 0.0993. The zero-order valence-electron chi connectivity index (χ0n) is 14.7. The highest BCUT2D eigenvalue weighted by Crippen LogP contribution is 2.25. The maximum absolute atomic E-state index is 14.5. The molecule has 1 aliphatic rings. The topological polar surface area (TPSA) is 54.3 Å². The van der Waals surface area contributed by atoms with Gasteiger partial charge in [0.2, 0.25) is 0 Å². The Morgan fingerprint density at radius 3 is 2.64 bits per heavy atom. The van der Waals surface area contributed by atoms with E-state index in [0.29, 0.717) is 12.1 Å². The van der Waals surface area contributed by atoms with E-state index in [-0.39, 0.29) is 17.6 Å². The van der Waals surface area contributed by atoms with E-state index >= 15 is 0 Å². The molecule has 1 saturated carbocycles. The lowest BCUT2D eigenvalue weighted by Gasteiger charge is -2.30. The lowest BCUT2D eigenvalue weighted by atomic mass is 10.1. The van der Waals surface area contributed by atoms with E-state index in [0.717, 1.165) is 32.2 Å². The molecule has 1 fully saturated rings. The van der Waals surface area contributed by atoms with Crippen LogP contribution in [0.5, 0.6) is 0 Å². The Hall–Kier alpha value is -2.28. The molecular formula is C18H24FN5O. The van der Waals surface area contributed by atoms with Crippen molar-refractivity contribution < 1.29 is 9.18 Å². The van der Waals surface area contributed by atoms with E-state index in [4.69, 9.17) is 0 Å². The number of nitrogens with zero attached hydrogens (tertiary/aromatic N) is 5. The van der Waals surface area contributed by atoms with Gasteiger partial charge in [-0.2, -0.15) is 5.10 Å². The molecule has 1 aromatic carbocycles. The third-order valence-corrected chi connectivity index (χ3v) is 4.67. The van der Waals surface area contributed by atoms with Gasteiger partial charge in [-0.1, -0.05) is 12.8 Å². The monoisotopic (exact) mass is 345 g/mol. The van der Waals surface area contributed by atoms with Crippen molar-refractivity contribution in [1.29, 1.82) is 0 Å². The molecule has 2 aromatic rings. The molecule has 7 heteroatoms. The molecule has 0 atom stereocenters. The van der Waals surface area contributed by atoms with Gasteiger partial charge in [0.1, 0.15) is 24.2 Å². The minimum atomic E-state index is -0.477. The van der Waals surface area contributed by atoms with Crippen LogP contribution < -0.4 is 0 Å². The van der Waals surface area contributed by atoms with Crippen LogP contribution in [0.3, 0.4) is 0 Å². The van der Waals surface area contributed by atoms with Crippen LogP contribution in [0.15, 0.2) is 30.9 Å². The SMILES string of the molecule is CN(C)CCN(C(=O)c1ccc(-n2cncn2)c(F)c1)C1CCCC1. The van der Waals surface area contributed by atoms with Gasteiger partial charge in [-0.05, 0) is 45.1 Å². The van der Waals surface area contributed by atoms with E-state index in [9.17, 15) is 9.18 Å². The van der Waals surface area contributed by atoms with E-state index in [1.165, 1.54) is 23.4 Å². The van der Waals surface area contributed by atoms with Gasteiger partial charge >= 0.3 is 0 Å². The molecule has 0 N–H and O–H groups in total. The van der Waals surface area contributed by atoms with Crippen molar-refractivity contribution in [2.24, 2.45) is 0 Å². The maximum atomic E-state index is 14.5. The molecule has 1 aromatic heterocycles. The predicted octanol–water partition coefficient (Wildman–Crippen LogP) is 2.35. The number of aromatic nitrogens is 3. The summed E-state index contributed by atoms with van der Waals surface area (Å²) in [6.07, 6.45) is 7.13. The number of hydrogen-bond acceptors (Lipinski definition) is 4. The Morgan fingerprint density at radius 2 is 2.04 bits per heavy atom. The van der Waals surface area contributed by atoms with Crippen LogP contribution in [0.2, 0.25) is 0 Å². The maximum Gasteiger partial charge on any atom is 0.254 e. The first-order valence-corrected chi connectivity index (χ1v) is 8.66. The van der Waals surface area contributed by atoms with Gasteiger partial charge in [-0.3, -0.25) is 4.79 Å². The molecule has 0 bridgehead atoms. The fourth-order valence-corrected chi connectivity index (χ4v) is 3.30. The van der Waals surface area contributed by atoms with Crippen LogP contribution in [0, 0.1) is 5.82 Å². The lowest BCUT2D eigenvalue weighted by molar-refractivity contribution is 0.0667. The molecule has 0 radical (unpaired) electrons. The zero-order valence-corrected chi connectivity index (χ0v) is 14.7. The smallest absolute Gasteiger partial charge is 0.254 e. The molecule has 1 aliphatic carbocycles. The summed E-state index contributed by atoms with van der Waals surface area (Å²) >= 11 is 0. The molecule has 134 valence electrons. The van der Waals surface area contributed by atoms with E-state index in [1.54, 1.807) is 12.1 Å². The first-order valence-electron chi connectivity index (χ1n) is 8.66. The van der Waals surface area contributed by atoms with Gasteiger partial charge in [0.25, 0.3) is 5.91 Å². The van der Waals surface area contributed by atoms with Gasteiger partial charge in [0.15, 0.2) is 0 Å². The number of likely N-dealkylation sites (N-methyl/N-ethyl adjacent to an activating group) is 1. The summed E-state index contributed by atoms with van der Waals surface area (Å²) in [7, 11) is 3.98. The minimum Gasteiger partial charge on any atom is -0.334 e. The average molecular weight is 345 g/mol. The first-order chi connectivity index (χ1) is 12.1. The Balaban J connectivity index is 1.82. The van der Waals surface area contributed by atoms with Crippen LogP contribution in [0.25, 0.3) is 5.69 Å². The van der Waals surface area contributed by atoms with Gasteiger partial charge in [-0.15, -0.1) is 0 Å². The number of halogens is 1. The summed E-state index contributed by atoms with van der Waals surface area (Å²) in [6.45, 7) is 1.45. The normalized spacial score (nSPS) is 15.0. The second-order valence-electron chi connectivity index (χ2n) is 6.75. The van der Waals surface area contributed by atoms with E-state index < -0.39 is 5.82 Å². The highest BCUT2D eigenvalue weighted by Gasteiger charge is 2.27. The summed E-state index contributed by atoms with van der Waals surface area (Å²) < 4.78 is 15.8. The first kappa shape index (κ1) is 17.5. The highest BCUT2D eigenvalue weighted by atomic mass is 19.1. The third-order valence-electron chi connectivity index (χ3n) is 4.67. The van der Waals surface area contributed by atoms with Crippen molar-refractivity contribution in [3.8, 4) is 5.69 Å². The number of benzene rings is 1. The molecule has 6 nitrogen and oxygen atoms in total. The summed E-state index contributed by atoms with van der Waals surface area (Å²) in [5.41, 5.74) is 0.668. The Kier molecular flexibility index (Phi) is 5.43. The zero-order chi connectivity index (χ0) is 17.8. The third kappa shape index (κ3) is 4.04. The van der Waals surface area contributed by atoms with Crippen molar-refractivity contribution in [2.45, 2.75) is 31.7 Å². The van der Waals surface area contributed by atoms with Gasteiger partial charge in [0, 0.05) is 24.7 Å². The van der Waals surface area contributed by atoms with Crippen LogP contribution >= 0.6 is 0 Å². The van der Waals surface area contributed by atoms with Crippen LogP contribution in [-0.4, -0.2) is 63.7 Å². The van der Waals surface area contributed by atoms with Crippen molar-refractivity contribution in [2.75, 3.05) is 27.2 Å². The average Bonchev–Trinajstić information content (AvgIpc) is 3.28.